The van der Waals surface area contributed by atoms with E-state index in [1.165, 1.54) is 19.3 Å². The molecule has 0 heterocycles. The molecule has 1 rings (SSSR count). The third kappa shape index (κ3) is 5.00. The van der Waals surface area contributed by atoms with Gasteiger partial charge in [-0.2, -0.15) is 0 Å². The average Bonchev–Trinajstić information content (AvgIpc) is 2.17. The predicted octanol–water partition coefficient (Wildman–Crippen LogP) is 1.56. The molecule has 14 heavy (non-hydrogen) atoms. The largest absolute Gasteiger partial charge is 0.393 e. The fourth-order valence-electron chi connectivity index (χ4n) is 1.95. The summed E-state index contributed by atoms with van der Waals surface area (Å²) in [6.07, 6.45) is 6.20. The number of hydrogen-bond acceptors (Lipinski definition) is 3. The van der Waals surface area contributed by atoms with E-state index in [-0.39, 0.29) is 14.9 Å². The molecule has 0 saturated heterocycles. The van der Waals surface area contributed by atoms with Crippen molar-refractivity contribution in [2.75, 3.05) is 12.8 Å². The lowest BCUT2D eigenvalue weighted by molar-refractivity contribution is 0.105. The second kappa shape index (κ2) is 7.09. The van der Waals surface area contributed by atoms with Gasteiger partial charge in [-0.1, -0.05) is 9.39 Å². The maximum Gasteiger partial charge on any atom is 0.0540 e. The van der Waals surface area contributed by atoms with Gasteiger partial charge in [0.15, 0.2) is 0 Å². The number of nitrogens with zero attached hydrogens (tertiary/aromatic N) is 1. The number of aliphatic hydroxyl groups is 1. The van der Waals surface area contributed by atoms with Gasteiger partial charge in [0.25, 0.3) is 0 Å². The molecule has 0 bridgehead atoms. The van der Waals surface area contributed by atoms with Crippen molar-refractivity contribution in [1.82, 2.24) is 4.67 Å². The van der Waals surface area contributed by atoms with Crippen molar-refractivity contribution in [3.63, 3.8) is 0 Å². The van der Waals surface area contributed by atoms with Crippen LogP contribution in [-0.4, -0.2) is 33.6 Å². The van der Waals surface area contributed by atoms with Crippen molar-refractivity contribution >= 4 is 18.2 Å². The summed E-state index contributed by atoms with van der Waals surface area (Å²) in [6, 6.07) is 0. The Morgan fingerprint density at radius 2 is 1.93 bits per heavy atom. The van der Waals surface area contributed by atoms with Crippen LogP contribution in [0.1, 0.15) is 32.1 Å². The fourth-order valence-corrected chi connectivity index (χ4v) is 2.69. The Labute approximate surface area is 90.4 Å². The lowest BCUT2D eigenvalue weighted by atomic mass is 9.85. The van der Waals surface area contributed by atoms with Gasteiger partial charge in [-0.05, 0) is 38.0 Å². The molecule has 0 aliphatic heterocycles. The minimum Gasteiger partial charge on any atom is -0.393 e. The zero-order valence-electron chi connectivity index (χ0n) is 8.52. The molecule has 2 atom stereocenters. The van der Waals surface area contributed by atoms with Gasteiger partial charge in [0, 0.05) is 21.6 Å². The van der Waals surface area contributed by atoms with Gasteiger partial charge in [-0.25, -0.2) is 0 Å². The van der Waals surface area contributed by atoms with Crippen molar-refractivity contribution in [3.05, 3.63) is 0 Å². The Balaban J connectivity index is 2.06. The zero-order valence-corrected chi connectivity index (χ0v) is 10.7. The summed E-state index contributed by atoms with van der Waals surface area (Å²) in [6.45, 7) is 1.04. The van der Waals surface area contributed by atoms with Crippen molar-refractivity contribution in [2.24, 2.45) is 5.92 Å². The summed E-state index contributed by atoms with van der Waals surface area (Å²) >= 11 is 0. The molecule has 3 nitrogen and oxygen atoms in total. The number of hydrogen-bond donors (Lipinski definition) is 2. The van der Waals surface area contributed by atoms with E-state index in [4.69, 9.17) is 4.89 Å². The molecule has 1 fully saturated rings. The van der Waals surface area contributed by atoms with Crippen LogP contribution < -0.4 is 0 Å². The highest BCUT2D eigenvalue weighted by atomic mass is 31.1. The molecule has 2 N–H and O–H groups in total. The smallest absolute Gasteiger partial charge is 0.0540 e. The van der Waals surface area contributed by atoms with E-state index in [0.29, 0.717) is 0 Å². The van der Waals surface area contributed by atoms with Crippen molar-refractivity contribution in [2.45, 2.75) is 38.2 Å². The quantitative estimate of drug-likeness (QED) is 0.713. The summed E-state index contributed by atoms with van der Waals surface area (Å²) in [4.78, 5) is 8.75. The summed E-state index contributed by atoms with van der Waals surface area (Å²) < 4.78 is 2.10. The maximum absolute atomic E-state index is 9.34. The van der Waals surface area contributed by atoms with Gasteiger partial charge < -0.3 is 10.00 Å². The van der Waals surface area contributed by atoms with Gasteiger partial charge in [0.2, 0.25) is 0 Å². The Kier molecular flexibility index (Phi) is 6.48. The predicted molar refractivity (Wildman–Crippen MR) is 64.4 cm³/mol. The third-order valence-electron chi connectivity index (χ3n) is 2.91. The standard InChI is InChI=1S/C9H21NO2P2/c11-9-3-1-8(2-4-9)5-6-10(13)7-14-12/h8-9,11-12,14H,1-7,13H2. The minimum atomic E-state index is -0.0442. The molecule has 0 aromatic heterocycles. The van der Waals surface area contributed by atoms with Gasteiger partial charge >= 0.3 is 0 Å². The molecule has 0 spiro atoms. The first kappa shape index (κ1) is 12.8. The van der Waals surface area contributed by atoms with Crippen LogP contribution >= 0.6 is 18.2 Å². The summed E-state index contributed by atoms with van der Waals surface area (Å²) in [7, 11) is 2.68. The van der Waals surface area contributed by atoms with Crippen LogP contribution in [0.5, 0.6) is 0 Å². The Hall–Kier alpha value is 0.740. The molecule has 1 aliphatic rings. The van der Waals surface area contributed by atoms with Gasteiger partial charge in [0.05, 0.1) is 6.10 Å². The Morgan fingerprint density at radius 3 is 2.50 bits per heavy atom. The van der Waals surface area contributed by atoms with E-state index in [9.17, 15) is 5.11 Å². The molecular formula is C9H21NO2P2. The first-order valence-electron chi connectivity index (χ1n) is 5.27. The van der Waals surface area contributed by atoms with E-state index in [1.807, 2.05) is 0 Å². The highest BCUT2D eigenvalue weighted by Crippen LogP contribution is 2.27. The first-order valence-corrected chi connectivity index (χ1v) is 6.94. The number of rotatable bonds is 5. The monoisotopic (exact) mass is 237 g/mol. The normalized spacial score (nSPS) is 29.1. The minimum absolute atomic E-state index is 0.0181. The summed E-state index contributed by atoms with van der Waals surface area (Å²) in [5.74, 6) is 0.781. The van der Waals surface area contributed by atoms with E-state index in [0.717, 1.165) is 31.6 Å². The molecule has 2 unspecified atom stereocenters. The highest BCUT2D eigenvalue weighted by molar-refractivity contribution is 7.31. The van der Waals surface area contributed by atoms with Gasteiger partial charge in [-0.15, -0.1) is 0 Å². The Bertz CT molecular complexity index is 152. The molecule has 0 radical (unpaired) electrons. The van der Waals surface area contributed by atoms with Crippen LogP contribution in [0.2, 0.25) is 0 Å². The third-order valence-corrected chi connectivity index (χ3v) is 4.27. The van der Waals surface area contributed by atoms with Crippen molar-refractivity contribution in [3.8, 4) is 0 Å². The number of aliphatic hydroxyl groups excluding tert-OH is 1. The fraction of sp³-hybridized carbons (Fsp3) is 1.00. The molecule has 1 aliphatic carbocycles. The lowest BCUT2D eigenvalue weighted by Gasteiger charge is -2.26. The first-order chi connectivity index (χ1) is 6.72. The molecule has 0 aromatic carbocycles. The van der Waals surface area contributed by atoms with Crippen molar-refractivity contribution < 1.29 is 10.00 Å². The van der Waals surface area contributed by atoms with E-state index in [1.54, 1.807) is 0 Å². The molecular weight excluding hydrogens is 216 g/mol. The van der Waals surface area contributed by atoms with E-state index < -0.39 is 0 Å². The van der Waals surface area contributed by atoms with Crippen LogP contribution in [-0.2, 0) is 0 Å². The molecule has 84 valence electrons. The van der Waals surface area contributed by atoms with Crippen LogP contribution in [0.3, 0.4) is 0 Å². The summed E-state index contributed by atoms with van der Waals surface area (Å²) in [5, 5.41) is 9.34. The van der Waals surface area contributed by atoms with Crippen molar-refractivity contribution in [1.29, 1.82) is 0 Å². The van der Waals surface area contributed by atoms with Crippen LogP contribution in [0.25, 0.3) is 0 Å². The maximum atomic E-state index is 9.34. The molecule has 1 saturated carbocycles. The topological polar surface area (TPSA) is 43.7 Å². The lowest BCUT2D eigenvalue weighted by Crippen LogP contribution is -2.21. The van der Waals surface area contributed by atoms with E-state index >= 15 is 0 Å². The average molecular weight is 237 g/mol. The highest BCUT2D eigenvalue weighted by Gasteiger charge is 2.19. The second-order valence-corrected chi connectivity index (χ2v) is 5.45. The Morgan fingerprint density at radius 1 is 1.29 bits per heavy atom. The van der Waals surface area contributed by atoms with Crippen LogP contribution in [0.4, 0.5) is 0 Å². The molecule has 0 amide bonds. The second-order valence-electron chi connectivity index (χ2n) is 4.09. The molecule has 5 heteroatoms. The van der Waals surface area contributed by atoms with Gasteiger partial charge in [0.1, 0.15) is 0 Å². The van der Waals surface area contributed by atoms with E-state index in [2.05, 4.69) is 14.1 Å². The SMILES string of the molecule is OPCN(P)CCC1CCC(O)CC1. The summed E-state index contributed by atoms with van der Waals surface area (Å²) in [5.41, 5.74) is 0. The molecule has 0 aromatic rings. The van der Waals surface area contributed by atoms with Gasteiger partial charge in [-0.3, -0.25) is 4.67 Å². The van der Waals surface area contributed by atoms with Crippen LogP contribution in [0, 0.1) is 5.92 Å². The zero-order chi connectivity index (χ0) is 10.4. The van der Waals surface area contributed by atoms with Crippen LogP contribution in [0.15, 0.2) is 0 Å².